The van der Waals surface area contributed by atoms with Crippen LogP contribution in [-0.4, -0.2) is 38.9 Å². The second-order valence-electron chi connectivity index (χ2n) is 6.02. The van der Waals surface area contributed by atoms with Gasteiger partial charge >= 0.3 is 6.36 Å². The first-order valence-corrected chi connectivity index (χ1v) is 8.17. The van der Waals surface area contributed by atoms with Gasteiger partial charge in [0, 0.05) is 18.6 Å². The Morgan fingerprint density at radius 2 is 1.92 bits per heavy atom. The molecule has 26 heavy (non-hydrogen) atoms. The molecule has 0 N–H and O–H groups in total. The molecule has 1 saturated heterocycles. The largest absolute Gasteiger partial charge is 0.573 e. The Labute approximate surface area is 146 Å². The fourth-order valence-electron chi connectivity index (χ4n) is 2.95. The Kier molecular flexibility index (Phi) is 4.23. The van der Waals surface area contributed by atoms with Gasteiger partial charge in [0.1, 0.15) is 5.75 Å². The normalized spacial score (nSPS) is 17.7. The smallest absolute Gasteiger partial charge is 0.406 e. The van der Waals surface area contributed by atoms with Crippen molar-refractivity contribution in [3.63, 3.8) is 0 Å². The molecule has 1 fully saturated rings. The lowest BCUT2D eigenvalue weighted by Gasteiger charge is -2.09. The molecule has 9 heteroatoms. The summed E-state index contributed by atoms with van der Waals surface area (Å²) >= 11 is 0. The monoisotopic (exact) mass is 364 g/mol. The molecule has 0 aliphatic carbocycles. The van der Waals surface area contributed by atoms with Crippen molar-refractivity contribution in [2.45, 2.75) is 31.7 Å². The number of ether oxygens (including phenoxy) is 2. The molecular weight excluding hydrogens is 349 g/mol. The van der Waals surface area contributed by atoms with Gasteiger partial charge in [0.15, 0.2) is 11.5 Å². The molecule has 0 radical (unpaired) electrons. The number of aromatic nitrogens is 4. The van der Waals surface area contributed by atoms with Gasteiger partial charge in [0.05, 0.1) is 11.8 Å². The highest BCUT2D eigenvalue weighted by molar-refractivity contribution is 5.61. The van der Waals surface area contributed by atoms with Crippen molar-refractivity contribution in [3.05, 3.63) is 42.2 Å². The van der Waals surface area contributed by atoms with E-state index in [2.05, 4.69) is 20.0 Å². The van der Waals surface area contributed by atoms with E-state index in [9.17, 15) is 13.2 Å². The van der Waals surface area contributed by atoms with Crippen molar-refractivity contribution in [2.24, 2.45) is 0 Å². The first-order valence-electron chi connectivity index (χ1n) is 8.17. The van der Waals surface area contributed by atoms with Crippen molar-refractivity contribution in [3.8, 4) is 17.0 Å². The van der Waals surface area contributed by atoms with E-state index in [1.54, 1.807) is 16.6 Å². The fraction of sp³-hybridized carbons (Fsp3) is 0.353. The molecular formula is C17H15F3N4O2. The van der Waals surface area contributed by atoms with Crippen LogP contribution in [0.15, 0.2) is 36.4 Å². The summed E-state index contributed by atoms with van der Waals surface area (Å²) in [5, 5.41) is 12.8. The van der Waals surface area contributed by atoms with Crippen molar-refractivity contribution in [2.75, 3.05) is 6.61 Å². The highest BCUT2D eigenvalue weighted by Crippen LogP contribution is 2.26. The maximum absolute atomic E-state index is 12.3. The highest BCUT2D eigenvalue weighted by Gasteiger charge is 2.31. The lowest BCUT2D eigenvalue weighted by Crippen LogP contribution is -2.16. The standard InChI is InChI=1S/C17H15F3N4O2/c18-17(19,20)26-12-5-3-11(4-6-12)14-7-8-15-21-22-16(24(15)23-14)10-13-2-1-9-25-13/h3-8,13H,1-2,9-10H2. The molecule has 1 atom stereocenters. The van der Waals surface area contributed by atoms with E-state index >= 15 is 0 Å². The average molecular weight is 364 g/mol. The van der Waals surface area contributed by atoms with Crippen molar-refractivity contribution >= 4 is 5.65 Å². The number of hydrogen-bond donors (Lipinski definition) is 0. The summed E-state index contributed by atoms with van der Waals surface area (Å²) in [6.45, 7) is 0.756. The van der Waals surface area contributed by atoms with Gasteiger partial charge in [-0.1, -0.05) is 0 Å². The minimum atomic E-state index is -4.71. The van der Waals surface area contributed by atoms with Crippen LogP contribution in [0.4, 0.5) is 13.2 Å². The van der Waals surface area contributed by atoms with E-state index in [4.69, 9.17) is 4.74 Å². The zero-order valence-electron chi connectivity index (χ0n) is 13.6. The Balaban J connectivity index is 1.60. The molecule has 2 aromatic heterocycles. The fourth-order valence-corrected chi connectivity index (χ4v) is 2.95. The third-order valence-corrected chi connectivity index (χ3v) is 4.15. The van der Waals surface area contributed by atoms with Crippen LogP contribution in [0.3, 0.4) is 0 Å². The zero-order valence-corrected chi connectivity index (χ0v) is 13.6. The lowest BCUT2D eigenvalue weighted by molar-refractivity contribution is -0.274. The summed E-state index contributed by atoms with van der Waals surface area (Å²) in [4.78, 5) is 0. The minimum absolute atomic E-state index is 0.117. The van der Waals surface area contributed by atoms with E-state index in [1.165, 1.54) is 24.3 Å². The van der Waals surface area contributed by atoms with Crippen LogP contribution in [-0.2, 0) is 11.2 Å². The number of benzene rings is 1. The molecule has 4 rings (SSSR count). The minimum Gasteiger partial charge on any atom is -0.406 e. The molecule has 0 spiro atoms. The van der Waals surface area contributed by atoms with Crippen LogP contribution in [0.2, 0.25) is 0 Å². The van der Waals surface area contributed by atoms with Crippen molar-refractivity contribution in [1.82, 2.24) is 19.8 Å². The van der Waals surface area contributed by atoms with Gasteiger partial charge in [-0.25, -0.2) is 0 Å². The van der Waals surface area contributed by atoms with E-state index in [1.807, 2.05) is 0 Å². The summed E-state index contributed by atoms with van der Waals surface area (Å²) < 4.78 is 47.9. The van der Waals surface area contributed by atoms with E-state index in [-0.39, 0.29) is 11.9 Å². The molecule has 1 aliphatic rings. The summed E-state index contributed by atoms with van der Waals surface area (Å²) in [6.07, 6.45) is -1.96. The third-order valence-electron chi connectivity index (χ3n) is 4.15. The highest BCUT2D eigenvalue weighted by atomic mass is 19.4. The van der Waals surface area contributed by atoms with E-state index in [0.29, 0.717) is 29.1 Å². The molecule has 1 aromatic carbocycles. The average Bonchev–Trinajstić information content (AvgIpc) is 3.24. The second kappa shape index (κ2) is 6.56. The van der Waals surface area contributed by atoms with Gasteiger partial charge < -0.3 is 9.47 Å². The number of rotatable bonds is 4. The SMILES string of the molecule is FC(F)(F)Oc1ccc(-c2ccc3nnc(CC4CCCO4)n3n2)cc1. The first kappa shape index (κ1) is 16.8. The predicted molar refractivity (Wildman–Crippen MR) is 85.6 cm³/mol. The Morgan fingerprint density at radius 3 is 2.62 bits per heavy atom. The molecule has 3 aromatic rings. The van der Waals surface area contributed by atoms with Crippen molar-refractivity contribution in [1.29, 1.82) is 0 Å². The molecule has 136 valence electrons. The molecule has 1 unspecified atom stereocenters. The van der Waals surface area contributed by atoms with Gasteiger partial charge in [0.2, 0.25) is 0 Å². The van der Waals surface area contributed by atoms with Gasteiger partial charge in [0.25, 0.3) is 0 Å². The Hall–Kier alpha value is -2.68. The third kappa shape index (κ3) is 3.62. The van der Waals surface area contributed by atoms with Gasteiger partial charge in [-0.2, -0.15) is 9.61 Å². The van der Waals surface area contributed by atoms with E-state index < -0.39 is 6.36 Å². The molecule has 3 heterocycles. The van der Waals surface area contributed by atoms with Crippen molar-refractivity contribution < 1.29 is 22.6 Å². The van der Waals surface area contributed by atoms with Crippen LogP contribution >= 0.6 is 0 Å². The summed E-state index contributed by atoms with van der Waals surface area (Å²) in [5.41, 5.74) is 1.88. The Bertz CT molecular complexity index is 903. The lowest BCUT2D eigenvalue weighted by atomic mass is 10.1. The number of hydrogen-bond acceptors (Lipinski definition) is 5. The van der Waals surface area contributed by atoms with Crippen LogP contribution < -0.4 is 4.74 Å². The number of alkyl halides is 3. The van der Waals surface area contributed by atoms with Crippen LogP contribution in [0.1, 0.15) is 18.7 Å². The summed E-state index contributed by atoms with van der Waals surface area (Å²) in [6, 6.07) is 9.09. The van der Waals surface area contributed by atoms with Crippen LogP contribution in [0.5, 0.6) is 5.75 Å². The first-order chi connectivity index (χ1) is 12.5. The zero-order chi connectivity index (χ0) is 18.1. The second-order valence-corrected chi connectivity index (χ2v) is 6.02. The van der Waals surface area contributed by atoms with Crippen LogP contribution in [0, 0.1) is 0 Å². The van der Waals surface area contributed by atoms with Gasteiger partial charge in [-0.15, -0.1) is 23.4 Å². The topological polar surface area (TPSA) is 61.5 Å². The number of halogens is 3. The predicted octanol–water partition coefficient (Wildman–Crippen LogP) is 3.41. The number of nitrogens with zero attached hydrogens (tertiary/aromatic N) is 4. The maximum Gasteiger partial charge on any atom is 0.573 e. The van der Waals surface area contributed by atoms with Gasteiger partial charge in [-0.3, -0.25) is 0 Å². The molecule has 1 aliphatic heterocycles. The van der Waals surface area contributed by atoms with E-state index in [0.717, 1.165) is 19.4 Å². The van der Waals surface area contributed by atoms with Crippen LogP contribution in [0.25, 0.3) is 16.9 Å². The maximum atomic E-state index is 12.3. The Morgan fingerprint density at radius 1 is 1.12 bits per heavy atom. The van der Waals surface area contributed by atoms with Gasteiger partial charge in [-0.05, 0) is 49.2 Å². The number of fused-ring (bicyclic) bond motifs is 1. The molecule has 0 saturated carbocycles. The molecule has 6 nitrogen and oxygen atoms in total. The summed E-state index contributed by atoms with van der Waals surface area (Å²) in [5.74, 6) is 0.427. The quantitative estimate of drug-likeness (QED) is 0.710. The summed E-state index contributed by atoms with van der Waals surface area (Å²) in [7, 11) is 0. The molecule has 0 amide bonds. The molecule has 0 bridgehead atoms.